The van der Waals surface area contributed by atoms with Crippen molar-refractivity contribution >= 4 is 91.5 Å². The van der Waals surface area contributed by atoms with Gasteiger partial charge in [0.1, 0.15) is 0 Å². The van der Waals surface area contributed by atoms with Crippen molar-refractivity contribution in [1.82, 2.24) is 0 Å². The van der Waals surface area contributed by atoms with Crippen molar-refractivity contribution in [2.45, 2.75) is 0 Å². The van der Waals surface area contributed by atoms with E-state index in [1.807, 2.05) is 28.7 Å². The maximum absolute atomic E-state index is 3.54. The van der Waals surface area contributed by atoms with Gasteiger partial charge in [0.15, 0.2) is 0 Å². The number of anilines is 5. The third-order valence-corrected chi connectivity index (χ3v) is 9.69. The van der Waals surface area contributed by atoms with Crippen LogP contribution in [-0.2, 0) is 0 Å². The zero-order valence-electron chi connectivity index (χ0n) is 21.5. The van der Waals surface area contributed by atoms with Gasteiger partial charge in [-0.3, -0.25) is 0 Å². The van der Waals surface area contributed by atoms with E-state index < -0.39 is 0 Å². The molecule has 0 fully saturated rings. The van der Waals surface area contributed by atoms with E-state index >= 15 is 0 Å². The third-order valence-electron chi connectivity index (χ3n) is 7.41. The molecule has 2 nitrogen and oxygen atoms in total. The van der Waals surface area contributed by atoms with E-state index in [9.17, 15) is 0 Å². The average Bonchev–Trinajstić information content (AvgIpc) is 3.56. The molecule has 0 aliphatic rings. The first kappa shape index (κ1) is 23.3. The van der Waals surface area contributed by atoms with Gasteiger partial charge in [-0.15, -0.1) is 22.7 Å². The summed E-state index contributed by atoms with van der Waals surface area (Å²) in [5.41, 5.74) is 5.67. The van der Waals surface area contributed by atoms with Crippen molar-refractivity contribution in [2.24, 2.45) is 0 Å². The van der Waals surface area contributed by atoms with Crippen LogP contribution in [0.1, 0.15) is 0 Å². The molecule has 0 spiro atoms. The first-order chi connectivity index (χ1) is 19.8. The van der Waals surface area contributed by atoms with Crippen LogP contribution >= 0.6 is 22.7 Å². The van der Waals surface area contributed by atoms with Crippen LogP contribution in [0.3, 0.4) is 0 Å². The molecule has 6 aromatic carbocycles. The number of rotatable bonds is 5. The Morgan fingerprint density at radius 1 is 0.375 bits per heavy atom. The minimum atomic E-state index is 1.10. The van der Waals surface area contributed by atoms with E-state index in [1.165, 1.54) is 40.3 Å². The highest BCUT2D eigenvalue weighted by Crippen LogP contribution is 2.43. The second-order valence-corrected chi connectivity index (χ2v) is 12.1. The molecule has 1 N–H and O–H groups in total. The van der Waals surface area contributed by atoms with E-state index in [1.54, 1.807) is 0 Å². The zero-order valence-corrected chi connectivity index (χ0v) is 23.2. The van der Waals surface area contributed by atoms with Gasteiger partial charge in [-0.2, -0.15) is 0 Å². The molecule has 0 aliphatic carbocycles. The lowest BCUT2D eigenvalue weighted by atomic mass is 10.1. The molecular formula is C36H24N2S2. The molecule has 0 atom stereocenters. The van der Waals surface area contributed by atoms with Gasteiger partial charge in [0.25, 0.3) is 0 Å². The van der Waals surface area contributed by atoms with Crippen molar-refractivity contribution in [3.8, 4) is 0 Å². The zero-order chi connectivity index (χ0) is 26.5. The number of fused-ring (bicyclic) bond motifs is 6. The second-order valence-electron chi connectivity index (χ2n) is 9.93. The minimum Gasteiger partial charge on any atom is -0.355 e. The summed E-state index contributed by atoms with van der Waals surface area (Å²) in [6.07, 6.45) is 0. The molecule has 0 saturated heterocycles. The lowest BCUT2D eigenvalue weighted by molar-refractivity contribution is 1.30. The molecular weight excluding hydrogens is 525 g/mol. The highest BCUT2D eigenvalue weighted by Gasteiger charge is 2.16. The topological polar surface area (TPSA) is 15.3 Å². The molecule has 0 amide bonds. The quantitative estimate of drug-likeness (QED) is 0.230. The fraction of sp³-hybridized carbons (Fsp3) is 0. The van der Waals surface area contributed by atoms with Crippen molar-refractivity contribution in [3.63, 3.8) is 0 Å². The van der Waals surface area contributed by atoms with Crippen LogP contribution < -0.4 is 10.2 Å². The number of thiophene rings is 2. The number of nitrogens with one attached hydrogen (secondary N) is 1. The number of para-hydroxylation sites is 2. The van der Waals surface area contributed by atoms with E-state index in [-0.39, 0.29) is 0 Å². The van der Waals surface area contributed by atoms with E-state index in [0.29, 0.717) is 0 Å². The number of benzene rings is 6. The maximum Gasteiger partial charge on any atom is 0.0468 e. The van der Waals surface area contributed by atoms with Crippen LogP contribution in [0.2, 0.25) is 0 Å². The molecule has 0 aliphatic heterocycles. The SMILES string of the molecule is c1ccc(Nc2ccc3c(c2)sc2ccc(N(c4ccccc4)c4ccc5sc6ccccc6c5c4)cc23)cc1. The maximum atomic E-state index is 3.54. The van der Waals surface area contributed by atoms with Gasteiger partial charge in [0.05, 0.1) is 0 Å². The first-order valence-corrected chi connectivity index (χ1v) is 15.0. The Bertz CT molecular complexity index is 2140. The molecule has 4 heteroatoms. The van der Waals surface area contributed by atoms with E-state index in [4.69, 9.17) is 0 Å². The average molecular weight is 549 g/mol. The standard InChI is InChI=1S/C36H24N2S2/c1-3-9-24(10-4-1)37-25-15-18-30-32-23-28(17-20-35(32)40-36(30)21-25)38(26-11-5-2-6-12-26)27-16-19-34-31(22-27)29-13-7-8-14-33(29)39-34/h1-23,37H. The van der Waals surface area contributed by atoms with Gasteiger partial charge in [0.2, 0.25) is 0 Å². The van der Waals surface area contributed by atoms with Crippen molar-refractivity contribution in [2.75, 3.05) is 10.2 Å². The summed E-state index contributed by atoms with van der Waals surface area (Å²) in [7, 11) is 0. The van der Waals surface area contributed by atoms with Crippen LogP contribution in [0.5, 0.6) is 0 Å². The van der Waals surface area contributed by atoms with Crippen molar-refractivity contribution in [1.29, 1.82) is 0 Å². The highest BCUT2D eigenvalue weighted by molar-refractivity contribution is 7.26. The summed E-state index contributed by atoms with van der Waals surface area (Å²) in [4.78, 5) is 2.38. The van der Waals surface area contributed by atoms with Crippen molar-refractivity contribution < 1.29 is 0 Å². The van der Waals surface area contributed by atoms with Gasteiger partial charge in [-0.25, -0.2) is 0 Å². The number of hydrogen-bond acceptors (Lipinski definition) is 4. The number of hydrogen-bond donors (Lipinski definition) is 1. The lowest BCUT2D eigenvalue weighted by Crippen LogP contribution is -2.09. The van der Waals surface area contributed by atoms with Crippen LogP contribution in [0.4, 0.5) is 28.4 Å². The van der Waals surface area contributed by atoms with Gasteiger partial charge >= 0.3 is 0 Å². The first-order valence-electron chi connectivity index (χ1n) is 13.4. The van der Waals surface area contributed by atoms with Crippen LogP contribution in [0.25, 0.3) is 40.3 Å². The fourth-order valence-corrected chi connectivity index (χ4v) is 7.76. The molecule has 2 aromatic heterocycles. The summed E-state index contributed by atoms with van der Waals surface area (Å²) >= 11 is 3.70. The Morgan fingerprint density at radius 2 is 0.950 bits per heavy atom. The van der Waals surface area contributed by atoms with Gasteiger partial charge in [0, 0.05) is 68.8 Å². The van der Waals surface area contributed by atoms with Crippen molar-refractivity contribution in [3.05, 3.63) is 140 Å². The van der Waals surface area contributed by atoms with Gasteiger partial charge < -0.3 is 10.2 Å². The van der Waals surface area contributed by atoms with Gasteiger partial charge in [-0.05, 0) is 78.9 Å². The van der Waals surface area contributed by atoms with Crippen LogP contribution in [0.15, 0.2) is 140 Å². The highest BCUT2D eigenvalue weighted by atomic mass is 32.1. The molecule has 0 saturated carbocycles. The Hall–Kier alpha value is -4.64. The predicted molar refractivity (Wildman–Crippen MR) is 177 cm³/mol. The summed E-state index contributed by atoms with van der Waals surface area (Å²) in [5, 5.41) is 8.73. The largest absolute Gasteiger partial charge is 0.355 e. The van der Waals surface area contributed by atoms with Crippen LogP contribution in [-0.4, -0.2) is 0 Å². The summed E-state index contributed by atoms with van der Waals surface area (Å²) in [5.74, 6) is 0. The molecule has 8 aromatic rings. The summed E-state index contributed by atoms with van der Waals surface area (Å²) in [6, 6.07) is 50.1. The van der Waals surface area contributed by atoms with Crippen LogP contribution in [0, 0.1) is 0 Å². The van der Waals surface area contributed by atoms with E-state index in [0.717, 1.165) is 28.4 Å². The minimum absolute atomic E-state index is 1.10. The second kappa shape index (κ2) is 9.53. The van der Waals surface area contributed by atoms with E-state index in [2.05, 4.69) is 144 Å². The number of nitrogens with zero attached hydrogens (tertiary/aromatic N) is 1. The normalized spacial score (nSPS) is 11.5. The van der Waals surface area contributed by atoms with Gasteiger partial charge in [-0.1, -0.05) is 60.7 Å². The fourth-order valence-electron chi connectivity index (χ4n) is 5.55. The lowest BCUT2D eigenvalue weighted by Gasteiger charge is -2.25. The molecule has 2 heterocycles. The molecule has 190 valence electrons. The monoisotopic (exact) mass is 548 g/mol. The summed E-state index contributed by atoms with van der Waals surface area (Å²) in [6.45, 7) is 0. The molecule has 8 rings (SSSR count). The molecule has 40 heavy (non-hydrogen) atoms. The Kier molecular flexibility index (Phi) is 5.54. The third kappa shape index (κ3) is 4.01. The smallest absolute Gasteiger partial charge is 0.0468 e. The molecule has 0 unspecified atom stereocenters. The Morgan fingerprint density at radius 3 is 1.68 bits per heavy atom. The summed E-state index contributed by atoms with van der Waals surface area (Å²) < 4.78 is 5.22. The Balaban J connectivity index is 1.26. The molecule has 0 bridgehead atoms. The Labute approximate surface area is 240 Å². The predicted octanol–water partition coefficient (Wildman–Crippen LogP) is 11.6. The molecule has 0 radical (unpaired) electrons.